The number of hydrogen-bond donors (Lipinski definition) is 1. The minimum Gasteiger partial charge on any atom is -0.342 e. The van der Waals surface area contributed by atoms with Crippen molar-refractivity contribution in [2.24, 2.45) is 23.5 Å². The van der Waals surface area contributed by atoms with Gasteiger partial charge in [0.1, 0.15) is 0 Å². The molecule has 3 nitrogen and oxygen atoms in total. The lowest BCUT2D eigenvalue weighted by Gasteiger charge is -2.27. The first-order valence-electron chi connectivity index (χ1n) is 6.12. The molecule has 0 spiro atoms. The first kappa shape index (κ1) is 10.9. The van der Waals surface area contributed by atoms with Crippen LogP contribution < -0.4 is 5.73 Å². The number of carbonyl (C=O) groups excluding carboxylic acids is 1. The van der Waals surface area contributed by atoms with E-state index >= 15 is 0 Å². The van der Waals surface area contributed by atoms with Crippen molar-refractivity contribution < 1.29 is 4.79 Å². The van der Waals surface area contributed by atoms with Crippen LogP contribution in [0.4, 0.5) is 0 Å². The van der Waals surface area contributed by atoms with E-state index in [1.807, 2.05) is 13.8 Å². The van der Waals surface area contributed by atoms with Gasteiger partial charge >= 0.3 is 0 Å². The molecular weight excluding hydrogens is 188 g/mol. The summed E-state index contributed by atoms with van der Waals surface area (Å²) in [5.74, 6) is 1.86. The zero-order valence-electron chi connectivity index (χ0n) is 9.78. The number of hydrogen-bond acceptors (Lipinski definition) is 2. The van der Waals surface area contributed by atoms with Crippen molar-refractivity contribution in [3.63, 3.8) is 0 Å². The SMILES string of the molecule is CC(C)C(=O)N1C[C@H]2CCC(N)C[C@H]2C1. The molecule has 1 amide bonds. The maximum absolute atomic E-state index is 11.9. The Morgan fingerprint density at radius 2 is 1.93 bits per heavy atom. The average Bonchev–Trinajstić information content (AvgIpc) is 2.58. The summed E-state index contributed by atoms with van der Waals surface area (Å²) in [6.07, 6.45) is 3.48. The summed E-state index contributed by atoms with van der Waals surface area (Å²) >= 11 is 0. The largest absolute Gasteiger partial charge is 0.342 e. The summed E-state index contributed by atoms with van der Waals surface area (Å²) in [5, 5.41) is 0. The Morgan fingerprint density at radius 1 is 1.27 bits per heavy atom. The molecule has 86 valence electrons. The monoisotopic (exact) mass is 210 g/mol. The van der Waals surface area contributed by atoms with Crippen molar-refractivity contribution in [1.29, 1.82) is 0 Å². The van der Waals surface area contributed by atoms with Crippen LogP contribution in [0.2, 0.25) is 0 Å². The second kappa shape index (κ2) is 4.12. The molecule has 2 rings (SSSR count). The third-order valence-corrected chi connectivity index (χ3v) is 3.90. The van der Waals surface area contributed by atoms with Gasteiger partial charge in [-0.25, -0.2) is 0 Å². The van der Waals surface area contributed by atoms with Gasteiger partial charge in [-0.3, -0.25) is 4.79 Å². The smallest absolute Gasteiger partial charge is 0.225 e. The number of fused-ring (bicyclic) bond motifs is 1. The van der Waals surface area contributed by atoms with E-state index < -0.39 is 0 Å². The van der Waals surface area contributed by atoms with Crippen molar-refractivity contribution in [3.8, 4) is 0 Å². The molecule has 0 bridgehead atoms. The summed E-state index contributed by atoms with van der Waals surface area (Å²) < 4.78 is 0. The van der Waals surface area contributed by atoms with Gasteiger partial charge in [-0.15, -0.1) is 0 Å². The molecule has 1 heterocycles. The molecule has 1 unspecified atom stereocenters. The fourth-order valence-electron chi connectivity index (χ4n) is 3.01. The van der Waals surface area contributed by atoms with Crippen molar-refractivity contribution >= 4 is 5.91 Å². The van der Waals surface area contributed by atoms with Crippen LogP contribution in [0.15, 0.2) is 0 Å². The summed E-state index contributed by atoms with van der Waals surface area (Å²) in [5.41, 5.74) is 5.97. The number of nitrogens with zero attached hydrogens (tertiary/aromatic N) is 1. The van der Waals surface area contributed by atoms with E-state index in [0.717, 1.165) is 31.8 Å². The molecule has 15 heavy (non-hydrogen) atoms. The molecule has 0 aromatic carbocycles. The molecule has 1 aliphatic heterocycles. The Morgan fingerprint density at radius 3 is 2.60 bits per heavy atom. The van der Waals surface area contributed by atoms with Crippen LogP contribution in [0.25, 0.3) is 0 Å². The van der Waals surface area contributed by atoms with E-state index in [9.17, 15) is 4.79 Å². The van der Waals surface area contributed by atoms with Crippen LogP contribution in [-0.4, -0.2) is 29.9 Å². The zero-order chi connectivity index (χ0) is 11.0. The second-order valence-electron chi connectivity index (χ2n) is 5.49. The third-order valence-electron chi connectivity index (χ3n) is 3.90. The lowest BCUT2D eigenvalue weighted by molar-refractivity contribution is -0.133. The van der Waals surface area contributed by atoms with E-state index in [-0.39, 0.29) is 5.92 Å². The number of nitrogens with two attached hydrogens (primary N) is 1. The highest BCUT2D eigenvalue weighted by Gasteiger charge is 2.38. The summed E-state index contributed by atoms with van der Waals surface area (Å²) in [6.45, 7) is 5.90. The molecule has 1 aliphatic carbocycles. The Bertz CT molecular complexity index is 252. The van der Waals surface area contributed by atoms with Crippen molar-refractivity contribution in [2.75, 3.05) is 13.1 Å². The maximum Gasteiger partial charge on any atom is 0.225 e. The molecule has 1 saturated heterocycles. The molecule has 3 heteroatoms. The molecule has 1 saturated carbocycles. The maximum atomic E-state index is 11.9. The van der Waals surface area contributed by atoms with Gasteiger partial charge in [-0.05, 0) is 31.1 Å². The molecule has 3 atom stereocenters. The number of amides is 1. The van der Waals surface area contributed by atoms with Crippen LogP contribution in [0.5, 0.6) is 0 Å². The van der Waals surface area contributed by atoms with Crippen LogP contribution in [0.3, 0.4) is 0 Å². The van der Waals surface area contributed by atoms with Crippen LogP contribution in [0.1, 0.15) is 33.1 Å². The van der Waals surface area contributed by atoms with Gasteiger partial charge in [-0.2, -0.15) is 0 Å². The van der Waals surface area contributed by atoms with Gasteiger partial charge in [0.2, 0.25) is 5.91 Å². The fraction of sp³-hybridized carbons (Fsp3) is 0.917. The number of rotatable bonds is 1. The van der Waals surface area contributed by atoms with Gasteiger partial charge < -0.3 is 10.6 Å². The normalized spacial score (nSPS) is 35.7. The number of carbonyl (C=O) groups is 1. The minimum absolute atomic E-state index is 0.138. The molecule has 2 fully saturated rings. The van der Waals surface area contributed by atoms with Crippen LogP contribution in [0, 0.1) is 17.8 Å². The molecular formula is C12H22N2O. The topological polar surface area (TPSA) is 46.3 Å². The van der Waals surface area contributed by atoms with Crippen molar-refractivity contribution in [1.82, 2.24) is 4.90 Å². The van der Waals surface area contributed by atoms with E-state index in [0.29, 0.717) is 17.9 Å². The lowest BCUT2D eigenvalue weighted by Crippen LogP contribution is -2.33. The van der Waals surface area contributed by atoms with Gasteiger partial charge in [0.25, 0.3) is 0 Å². The van der Waals surface area contributed by atoms with Crippen LogP contribution in [-0.2, 0) is 4.79 Å². The predicted molar refractivity (Wildman–Crippen MR) is 60.2 cm³/mol. The molecule has 0 radical (unpaired) electrons. The highest BCUT2D eigenvalue weighted by Crippen LogP contribution is 2.36. The summed E-state index contributed by atoms with van der Waals surface area (Å²) in [6, 6.07) is 0.375. The summed E-state index contributed by atoms with van der Waals surface area (Å²) in [4.78, 5) is 13.9. The Hall–Kier alpha value is -0.570. The first-order chi connectivity index (χ1) is 7.08. The molecule has 2 aliphatic rings. The van der Waals surface area contributed by atoms with Crippen LogP contribution >= 0.6 is 0 Å². The highest BCUT2D eigenvalue weighted by molar-refractivity contribution is 5.78. The van der Waals surface area contributed by atoms with E-state index in [4.69, 9.17) is 5.73 Å². The zero-order valence-corrected chi connectivity index (χ0v) is 9.78. The fourth-order valence-corrected chi connectivity index (χ4v) is 3.01. The molecule has 2 N–H and O–H groups in total. The van der Waals surface area contributed by atoms with E-state index in [2.05, 4.69) is 4.90 Å². The predicted octanol–water partition coefficient (Wildman–Crippen LogP) is 1.23. The Kier molecular flexibility index (Phi) is 3.01. The molecule has 0 aromatic heterocycles. The minimum atomic E-state index is 0.138. The average molecular weight is 210 g/mol. The van der Waals surface area contributed by atoms with Crippen molar-refractivity contribution in [3.05, 3.63) is 0 Å². The lowest BCUT2D eigenvalue weighted by atomic mass is 9.79. The number of likely N-dealkylation sites (tertiary alicyclic amines) is 1. The van der Waals surface area contributed by atoms with Gasteiger partial charge in [-0.1, -0.05) is 13.8 Å². The quantitative estimate of drug-likeness (QED) is 0.707. The standard InChI is InChI=1S/C12H22N2O/c1-8(2)12(15)14-6-9-3-4-11(13)5-10(9)7-14/h8-11H,3-7,13H2,1-2H3/t9-,10+,11?/m1/s1. The Labute approximate surface area is 92.0 Å². The van der Waals surface area contributed by atoms with E-state index in [1.54, 1.807) is 0 Å². The first-order valence-corrected chi connectivity index (χ1v) is 6.12. The summed E-state index contributed by atoms with van der Waals surface area (Å²) in [7, 11) is 0. The Balaban J connectivity index is 1.96. The highest BCUT2D eigenvalue weighted by atomic mass is 16.2. The second-order valence-corrected chi connectivity index (χ2v) is 5.49. The van der Waals surface area contributed by atoms with E-state index in [1.165, 1.54) is 6.42 Å². The van der Waals surface area contributed by atoms with Gasteiger partial charge in [0.15, 0.2) is 0 Å². The van der Waals surface area contributed by atoms with Crippen molar-refractivity contribution in [2.45, 2.75) is 39.2 Å². The molecule has 0 aromatic rings. The van der Waals surface area contributed by atoms with Gasteiger partial charge in [0, 0.05) is 25.0 Å². The van der Waals surface area contributed by atoms with Gasteiger partial charge in [0.05, 0.1) is 0 Å². The third kappa shape index (κ3) is 2.17.